The topological polar surface area (TPSA) is 47.6 Å². The second-order valence-corrected chi connectivity index (χ2v) is 4.62. The van der Waals surface area contributed by atoms with Crippen LogP contribution in [0.5, 0.6) is 11.5 Å². The summed E-state index contributed by atoms with van der Waals surface area (Å²) in [7, 11) is 1.89. The lowest BCUT2D eigenvalue weighted by molar-refractivity contribution is 0.103. The third kappa shape index (κ3) is 2.38. The van der Waals surface area contributed by atoms with E-state index in [1.165, 1.54) is 0 Å². The molecule has 0 saturated carbocycles. The number of carbonyl (C=O) groups is 1. The Balaban J connectivity index is 1.84. The van der Waals surface area contributed by atoms with E-state index in [1.807, 2.05) is 31.3 Å². The Morgan fingerprint density at radius 2 is 1.75 bits per heavy atom. The minimum atomic E-state index is -0.0145. The summed E-state index contributed by atoms with van der Waals surface area (Å²) in [6.07, 6.45) is 0. The van der Waals surface area contributed by atoms with Crippen LogP contribution >= 0.6 is 0 Å². The Morgan fingerprint density at radius 3 is 2.50 bits per heavy atom. The smallest absolute Gasteiger partial charge is 0.231 e. The predicted octanol–water partition coefficient (Wildman–Crippen LogP) is 2.37. The van der Waals surface area contributed by atoms with Crippen molar-refractivity contribution in [3.63, 3.8) is 0 Å². The van der Waals surface area contributed by atoms with Gasteiger partial charge in [-0.2, -0.15) is 0 Å². The molecule has 0 aliphatic carbocycles. The fraction of sp³-hybridized carbons (Fsp3) is 0.188. The molecule has 0 unspecified atom stereocenters. The molecule has 0 bridgehead atoms. The summed E-state index contributed by atoms with van der Waals surface area (Å²) in [4.78, 5) is 12.4. The van der Waals surface area contributed by atoms with Crippen LogP contribution in [0, 0.1) is 0 Å². The molecule has 0 spiro atoms. The van der Waals surface area contributed by atoms with Gasteiger partial charge in [0.2, 0.25) is 6.79 Å². The van der Waals surface area contributed by atoms with Gasteiger partial charge < -0.3 is 14.8 Å². The Morgan fingerprint density at radius 1 is 1.05 bits per heavy atom. The van der Waals surface area contributed by atoms with Crippen molar-refractivity contribution < 1.29 is 14.3 Å². The fourth-order valence-corrected chi connectivity index (χ4v) is 2.18. The number of benzene rings is 2. The number of hydrogen-bond acceptors (Lipinski definition) is 4. The molecule has 0 amide bonds. The summed E-state index contributed by atoms with van der Waals surface area (Å²) in [6.45, 7) is 1.00. The number of carbonyl (C=O) groups excluding carboxylic acids is 1. The maximum absolute atomic E-state index is 12.4. The van der Waals surface area contributed by atoms with Crippen molar-refractivity contribution in [1.82, 2.24) is 5.32 Å². The third-order valence-corrected chi connectivity index (χ3v) is 3.23. The van der Waals surface area contributed by atoms with Crippen LogP contribution in [0.4, 0.5) is 0 Å². The molecule has 102 valence electrons. The van der Waals surface area contributed by atoms with Gasteiger partial charge in [0.15, 0.2) is 17.3 Å². The minimum absolute atomic E-state index is 0.0145. The standard InChI is InChI=1S/C16H15NO3/c1-17-9-11-2-4-12(5-3-11)16(18)13-6-7-14-15(8-13)20-10-19-14/h2-8,17H,9-10H2,1H3. The first-order valence-corrected chi connectivity index (χ1v) is 6.46. The first kappa shape index (κ1) is 12.7. The highest BCUT2D eigenvalue weighted by Crippen LogP contribution is 2.33. The molecule has 3 rings (SSSR count). The molecule has 4 nitrogen and oxygen atoms in total. The lowest BCUT2D eigenvalue weighted by Gasteiger charge is -2.04. The molecule has 2 aromatic carbocycles. The van der Waals surface area contributed by atoms with Gasteiger partial charge in [-0.15, -0.1) is 0 Å². The van der Waals surface area contributed by atoms with Gasteiger partial charge in [-0.05, 0) is 30.8 Å². The van der Waals surface area contributed by atoms with E-state index in [4.69, 9.17) is 9.47 Å². The molecule has 0 aromatic heterocycles. The van der Waals surface area contributed by atoms with Crippen LogP contribution in [0.2, 0.25) is 0 Å². The van der Waals surface area contributed by atoms with Crippen LogP contribution < -0.4 is 14.8 Å². The summed E-state index contributed by atoms with van der Waals surface area (Å²) < 4.78 is 10.5. The zero-order valence-electron chi connectivity index (χ0n) is 11.2. The molecule has 4 heteroatoms. The molecule has 0 radical (unpaired) electrons. The van der Waals surface area contributed by atoms with Crippen molar-refractivity contribution in [2.24, 2.45) is 0 Å². The van der Waals surface area contributed by atoms with Crippen molar-refractivity contribution in [1.29, 1.82) is 0 Å². The summed E-state index contributed by atoms with van der Waals surface area (Å²) in [6, 6.07) is 12.9. The van der Waals surface area contributed by atoms with E-state index in [-0.39, 0.29) is 12.6 Å². The third-order valence-electron chi connectivity index (χ3n) is 3.23. The predicted molar refractivity (Wildman–Crippen MR) is 75.2 cm³/mol. The van der Waals surface area contributed by atoms with Gasteiger partial charge in [-0.25, -0.2) is 0 Å². The summed E-state index contributed by atoms with van der Waals surface area (Å²) in [5.41, 5.74) is 2.43. The number of nitrogens with one attached hydrogen (secondary N) is 1. The van der Waals surface area contributed by atoms with E-state index in [9.17, 15) is 4.79 Å². The Kier molecular flexibility index (Phi) is 3.39. The second kappa shape index (κ2) is 5.35. The number of ether oxygens (including phenoxy) is 2. The van der Waals surface area contributed by atoms with Crippen LogP contribution in [0.25, 0.3) is 0 Å². The SMILES string of the molecule is CNCc1ccc(C(=O)c2ccc3c(c2)OCO3)cc1. The Bertz CT molecular complexity index is 635. The van der Waals surface area contributed by atoms with Gasteiger partial charge in [0.25, 0.3) is 0 Å². The molecule has 1 heterocycles. The Labute approximate surface area is 117 Å². The normalized spacial score (nSPS) is 12.4. The van der Waals surface area contributed by atoms with Crippen molar-refractivity contribution in [2.45, 2.75) is 6.54 Å². The summed E-state index contributed by atoms with van der Waals surface area (Å²) in [5, 5.41) is 3.08. The first-order valence-electron chi connectivity index (χ1n) is 6.46. The summed E-state index contributed by atoms with van der Waals surface area (Å²) in [5.74, 6) is 1.30. The van der Waals surface area contributed by atoms with E-state index < -0.39 is 0 Å². The quantitative estimate of drug-likeness (QED) is 0.866. The maximum Gasteiger partial charge on any atom is 0.231 e. The Hall–Kier alpha value is -2.33. The van der Waals surface area contributed by atoms with Crippen LogP contribution in [0.3, 0.4) is 0 Å². The number of ketones is 1. The molecule has 20 heavy (non-hydrogen) atoms. The van der Waals surface area contributed by atoms with Crippen molar-refractivity contribution in [2.75, 3.05) is 13.8 Å². The monoisotopic (exact) mass is 269 g/mol. The van der Waals surface area contributed by atoms with Gasteiger partial charge >= 0.3 is 0 Å². The van der Waals surface area contributed by atoms with Crippen molar-refractivity contribution in [3.05, 3.63) is 59.2 Å². The average molecular weight is 269 g/mol. The number of fused-ring (bicyclic) bond motifs is 1. The van der Waals surface area contributed by atoms with Crippen LogP contribution in [0.1, 0.15) is 21.5 Å². The summed E-state index contributed by atoms with van der Waals surface area (Å²) >= 11 is 0. The van der Waals surface area contributed by atoms with Gasteiger partial charge in [-0.1, -0.05) is 24.3 Å². The molecule has 0 fully saturated rings. The van der Waals surface area contributed by atoms with Crippen molar-refractivity contribution in [3.8, 4) is 11.5 Å². The molecule has 1 aliphatic heterocycles. The second-order valence-electron chi connectivity index (χ2n) is 4.62. The zero-order chi connectivity index (χ0) is 13.9. The first-order chi connectivity index (χ1) is 9.78. The van der Waals surface area contributed by atoms with E-state index in [2.05, 4.69) is 5.32 Å². The van der Waals surface area contributed by atoms with Gasteiger partial charge in [-0.3, -0.25) is 4.79 Å². The minimum Gasteiger partial charge on any atom is -0.454 e. The van der Waals surface area contributed by atoms with E-state index in [0.717, 1.165) is 12.1 Å². The lowest BCUT2D eigenvalue weighted by Crippen LogP contribution is -2.06. The van der Waals surface area contributed by atoms with Crippen LogP contribution in [-0.2, 0) is 6.54 Å². The lowest BCUT2D eigenvalue weighted by atomic mass is 10.0. The van der Waals surface area contributed by atoms with E-state index in [0.29, 0.717) is 22.6 Å². The number of hydrogen-bond donors (Lipinski definition) is 1. The van der Waals surface area contributed by atoms with E-state index in [1.54, 1.807) is 18.2 Å². The number of rotatable bonds is 4. The largest absolute Gasteiger partial charge is 0.454 e. The van der Waals surface area contributed by atoms with Gasteiger partial charge in [0, 0.05) is 17.7 Å². The van der Waals surface area contributed by atoms with Gasteiger partial charge in [0.05, 0.1) is 0 Å². The highest BCUT2D eigenvalue weighted by Gasteiger charge is 2.17. The highest BCUT2D eigenvalue weighted by atomic mass is 16.7. The maximum atomic E-state index is 12.4. The zero-order valence-corrected chi connectivity index (χ0v) is 11.2. The fourth-order valence-electron chi connectivity index (χ4n) is 2.18. The molecule has 1 aliphatic rings. The average Bonchev–Trinajstić information content (AvgIpc) is 2.95. The molecule has 0 saturated heterocycles. The molecular formula is C16H15NO3. The van der Waals surface area contributed by atoms with Crippen molar-refractivity contribution >= 4 is 5.78 Å². The highest BCUT2D eigenvalue weighted by molar-refractivity contribution is 6.09. The molecule has 2 aromatic rings. The molecule has 1 N–H and O–H groups in total. The molecule has 0 atom stereocenters. The molecular weight excluding hydrogens is 254 g/mol. The van der Waals surface area contributed by atoms with Gasteiger partial charge in [0.1, 0.15) is 0 Å². The van der Waals surface area contributed by atoms with Crippen LogP contribution in [-0.4, -0.2) is 19.6 Å². The van der Waals surface area contributed by atoms with Crippen LogP contribution in [0.15, 0.2) is 42.5 Å². The van der Waals surface area contributed by atoms with E-state index >= 15 is 0 Å².